The minimum absolute atomic E-state index is 0.0736. The molecule has 1 N–H and O–H groups in total. The normalized spacial score (nSPS) is 10.5. The molecule has 0 aliphatic carbocycles. The number of methoxy groups -OCH3 is 1. The molecule has 7 heteroatoms. The number of amides is 2. The molecule has 1 aromatic carbocycles. The smallest absolute Gasteiger partial charge is 0.274 e. The molecule has 0 atom stereocenters. The Balaban J connectivity index is 1.84. The zero-order valence-corrected chi connectivity index (χ0v) is 16.6. The van der Waals surface area contributed by atoms with Crippen LogP contribution in [0.3, 0.4) is 0 Å². The maximum absolute atomic E-state index is 12.7. The molecular weight excluding hydrogens is 356 g/mol. The van der Waals surface area contributed by atoms with Crippen molar-refractivity contribution in [1.82, 2.24) is 20.2 Å². The first-order valence-corrected chi connectivity index (χ1v) is 9.47. The third kappa shape index (κ3) is 7.44. The van der Waals surface area contributed by atoms with Crippen LogP contribution in [0.1, 0.15) is 34.6 Å². The summed E-state index contributed by atoms with van der Waals surface area (Å²) in [6.07, 6.45) is 4.75. The summed E-state index contributed by atoms with van der Waals surface area (Å²) in [5.74, 6) is -0.295. The van der Waals surface area contributed by atoms with E-state index >= 15 is 0 Å². The number of rotatable bonds is 11. The number of aromatic nitrogens is 2. The number of nitrogens with zero attached hydrogens (tertiary/aromatic N) is 3. The van der Waals surface area contributed by atoms with Crippen LogP contribution in [0.5, 0.6) is 0 Å². The highest BCUT2D eigenvalue weighted by Crippen LogP contribution is 2.05. The van der Waals surface area contributed by atoms with Gasteiger partial charge in [-0.2, -0.15) is 0 Å². The van der Waals surface area contributed by atoms with Gasteiger partial charge in [-0.3, -0.25) is 14.6 Å². The Hall–Kier alpha value is -2.80. The molecule has 150 valence electrons. The second-order valence-corrected chi connectivity index (χ2v) is 6.52. The molecule has 0 bridgehead atoms. The maximum Gasteiger partial charge on any atom is 0.274 e. The van der Waals surface area contributed by atoms with Gasteiger partial charge in [0, 0.05) is 46.0 Å². The first-order chi connectivity index (χ1) is 13.6. The van der Waals surface area contributed by atoms with Gasteiger partial charge < -0.3 is 15.0 Å². The largest absolute Gasteiger partial charge is 0.385 e. The minimum atomic E-state index is -0.222. The zero-order chi connectivity index (χ0) is 20.2. The lowest BCUT2D eigenvalue weighted by Crippen LogP contribution is -2.37. The number of hydrogen-bond donors (Lipinski definition) is 1. The number of aryl methyl sites for hydroxylation is 1. The summed E-state index contributed by atoms with van der Waals surface area (Å²) >= 11 is 0. The molecule has 0 spiro atoms. The molecular formula is C21H28N4O3. The average molecular weight is 384 g/mol. The van der Waals surface area contributed by atoms with Gasteiger partial charge in [-0.25, -0.2) is 4.98 Å². The van der Waals surface area contributed by atoms with Crippen molar-refractivity contribution in [2.75, 3.05) is 33.4 Å². The summed E-state index contributed by atoms with van der Waals surface area (Å²) < 4.78 is 5.07. The second kappa shape index (κ2) is 11.8. The van der Waals surface area contributed by atoms with Crippen LogP contribution in [-0.4, -0.2) is 60.0 Å². The summed E-state index contributed by atoms with van der Waals surface area (Å²) in [4.78, 5) is 34.8. The molecule has 28 heavy (non-hydrogen) atoms. The van der Waals surface area contributed by atoms with Crippen molar-refractivity contribution in [2.24, 2.45) is 0 Å². The Morgan fingerprint density at radius 3 is 2.57 bits per heavy atom. The van der Waals surface area contributed by atoms with Gasteiger partial charge in [-0.15, -0.1) is 0 Å². The van der Waals surface area contributed by atoms with Crippen molar-refractivity contribution < 1.29 is 14.3 Å². The molecule has 0 unspecified atom stereocenters. The third-order valence-electron chi connectivity index (χ3n) is 4.25. The summed E-state index contributed by atoms with van der Waals surface area (Å²) in [7, 11) is 1.62. The van der Waals surface area contributed by atoms with E-state index in [2.05, 4.69) is 15.3 Å². The van der Waals surface area contributed by atoms with Crippen molar-refractivity contribution in [3.63, 3.8) is 0 Å². The van der Waals surface area contributed by atoms with E-state index in [0.717, 1.165) is 12.1 Å². The average Bonchev–Trinajstić information content (AvgIpc) is 2.71. The van der Waals surface area contributed by atoms with E-state index in [-0.39, 0.29) is 23.9 Å². The fraction of sp³-hybridized carbons (Fsp3) is 0.429. The van der Waals surface area contributed by atoms with Crippen molar-refractivity contribution in [1.29, 1.82) is 0 Å². The quantitative estimate of drug-likeness (QED) is 0.599. The molecule has 0 aliphatic rings. The van der Waals surface area contributed by atoms with E-state index in [0.29, 0.717) is 32.7 Å². The molecule has 2 aromatic rings. The first kappa shape index (κ1) is 21.5. The van der Waals surface area contributed by atoms with Crippen LogP contribution in [-0.2, 0) is 16.0 Å². The van der Waals surface area contributed by atoms with Gasteiger partial charge in [-0.05, 0) is 25.3 Å². The van der Waals surface area contributed by atoms with Crippen molar-refractivity contribution in [3.8, 4) is 0 Å². The molecule has 2 amide bonds. The highest BCUT2D eigenvalue weighted by molar-refractivity contribution is 5.92. The summed E-state index contributed by atoms with van der Waals surface area (Å²) in [6.45, 7) is 3.77. The fourth-order valence-corrected chi connectivity index (χ4v) is 2.70. The van der Waals surface area contributed by atoms with E-state index in [4.69, 9.17) is 4.74 Å². The topological polar surface area (TPSA) is 84.4 Å². The van der Waals surface area contributed by atoms with Crippen LogP contribution >= 0.6 is 0 Å². The first-order valence-electron chi connectivity index (χ1n) is 9.47. The Bertz CT molecular complexity index is 735. The number of hydrogen-bond acceptors (Lipinski definition) is 5. The SMILES string of the molecule is COCCCN(CCC(=O)NCCc1ccccc1)C(=O)c1cnc(C)cn1. The van der Waals surface area contributed by atoms with Crippen LogP contribution in [0, 0.1) is 6.92 Å². The third-order valence-corrected chi connectivity index (χ3v) is 4.25. The lowest BCUT2D eigenvalue weighted by molar-refractivity contribution is -0.121. The van der Waals surface area contributed by atoms with Crippen molar-refractivity contribution in [2.45, 2.75) is 26.2 Å². The zero-order valence-electron chi connectivity index (χ0n) is 16.6. The van der Waals surface area contributed by atoms with Gasteiger partial charge in [0.25, 0.3) is 5.91 Å². The summed E-state index contributed by atoms with van der Waals surface area (Å²) in [6, 6.07) is 9.99. The lowest BCUT2D eigenvalue weighted by Gasteiger charge is -2.22. The molecule has 0 saturated heterocycles. The van der Waals surface area contributed by atoms with E-state index in [1.807, 2.05) is 37.3 Å². The summed E-state index contributed by atoms with van der Waals surface area (Å²) in [5.41, 5.74) is 2.21. The van der Waals surface area contributed by atoms with Gasteiger partial charge in [0.05, 0.1) is 11.9 Å². The molecule has 0 radical (unpaired) electrons. The number of carbonyl (C=O) groups excluding carboxylic acids is 2. The maximum atomic E-state index is 12.7. The Morgan fingerprint density at radius 2 is 1.89 bits per heavy atom. The minimum Gasteiger partial charge on any atom is -0.385 e. The second-order valence-electron chi connectivity index (χ2n) is 6.52. The fourth-order valence-electron chi connectivity index (χ4n) is 2.70. The number of benzene rings is 1. The van der Waals surface area contributed by atoms with Gasteiger partial charge in [0.1, 0.15) is 5.69 Å². The van der Waals surface area contributed by atoms with E-state index in [9.17, 15) is 9.59 Å². The molecule has 1 heterocycles. The van der Waals surface area contributed by atoms with Crippen LogP contribution in [0.4, 0.5) is 0 Å². The van der Waals surface area contributed by atoms with Gasteiger partial charge in [0.15, 0.2) is 0 Å². The monoisotopic (exact) mass is 384 g/mol. The van der Waals surface area contributed by atoms with Crippen LogP contribution < -0.4 is 5.32 Å². The van der Waals surface area contributed by atoms with Crippen molar-refractivity contribution >= 4 is 11.8 Å². The molecule has 1 aromatic heterocycles. The van der Waals surface area contributed by atoms with E-state index < -0.39 is 0 Å². The number of ether oxygens (including phenoxy) is 1. The van der Waals surface area contributed by atoms with Crippen LogP contribution in [0.15, 0.2) is 42.7 Å². The number of nitrogens with one attached hydrogen (secondary N) is 1. The summed E-state index contributed by atoms with van der Waals surface area (Å²) in [5, 5.41) is 2.91. The molecule has 2 rings (SSSR count). The van der Waals surface area contributed by atoms with Crippen LogP contribution in [0.25, 0.3) is 0 Å². The standard InChI is InChI=1S/C21H28N4O3/c1-17-15-24-19(16-23-17)21(27)25(12-6-14-28-2)13-10-20(26)22-11-9-18-7-4-3-5-8-18/h3-5,7-8,15-16H,6,9-14H2,1-2H3,(H,22,26). The predicted octanol–water partition coefficient (Wildman–Crippen LogP) is 2.01. The molecule has 7 nitrogen and oxygen atoms in total. The highest BCUT2D eigenvalue weighted by Gasteiger charge is 2.18. The molecule has 0 saturated carbocycles. The number of carbonyl (C=O) groups is 2. The Labute approximate surface area is 166 Å². The van der Waals surface area contributed by atoms with E-state index in [1.165, 1.54) is 11.8 Å². The molecule has 0 aliphatic heterocycles. The van der Waals surface area contributed by atoms with Crippen LogP contribution in [0.2, 0.25) is 0 Å². The van der Waals surface area contributed by atoms with Gasteiger partial charge in [0.2, 0.25) is 5.91 Å². The Kier molecular flexibility index (Phi) is 9.07. The predicted molar refractivity (Wildman–Crippen MR) is 107 cm³/mol. The van der Waals surface area contributed by atoms with Gasteiger partial charge >= 0.3 is 0 Å². The lowest BCUT2D eigenvalue weighted by atomic mass is 10.1. The highest BCUT2D eigenvalue weighted by atomic mass is 16.5. The van der Waals surface area contributed by atoms with Crippen molar-refractivity contribution in [3.05, 3.63) is 59.7 Å². The van der Waals surface area contributed by atoms with Gasteiger partial charge in [-0.1, -0.05) is 30.3 Å². The molecule has 0 fully saturated rings. The Morgan fingerprint density at radius 1 is 1.11 bits per heavy atom. The van der Waals surface area contributed by atoms with E-state index in [1.54, 1.807) is 18.2 Å².